The molecular formula is C17H15N3O2S2. The molecule has 0 aliphatic heterocycles. The number of carbonyl (C=O) groups is 1. The van der Waals surface area contributed by atoms with Crippen LogP contribution in [-0.4, -0.2) is 22.4 Å². The van der Waals surface area contributed by atoms with Crippen molar-refractivity contribution in [2.45, 2.75) is 18.8 Å². The summed E-state index contributed by atoms with van der Waals surface area (Å²) in [4.78, 5) is 17.7. The molecule has 1 saturated carbocycles. The molecule has 0 bridgehead atoms. The van der Waals surface area contributed by atoms with Crippen LogP contribution in [0.1, 0.15) is 34.0 Å². The van der Waals surface area contributed by atoms with E-state index in [1.165, 1.54) is 35.7 Å². The first-order valence-electron chi connectivity index (χ1n) is 7.61. The number of carbonyl (C=O) groups excluding carboxylic acids is 1. The van der Waals surface area contributed by atoms with Gasteiger partial charge in [-0.05, 0) is 60.0 Å². The molecule has 3 aromatic rings. The third kappa shape index (κ3) is 3.05. The number of nitrogens with zero attached hydrogens (tertiary/aromatic N) is 2. The van der Waals surface area contributed by atoms with Crippen LogP contribution in [0.25, 0.3) is 11.4 Å². The average Bonchev–Trinajstić information content (AvgIpc) is 3.15. The first kappa shape index (κ1) is 15.3. The standard InChI is InChI=1S/C17H15N3O2S2/c1-22-12-6-4-11(5-7-12)15-18-17(24-20-15)19-16(21)14-13(8-9-23-14)10-2-3-10/h4-10H,2-3H2,1H3,(H,18,19,20,21). The van der Waals surface area contributed by atoms with E-state index in [0.29, 0.717) is 16.9 Å². The Balaban J connectivity index is 1.50. The van der Waals surface area contributed by atoms with Gasteiger partial charge in [-0.15, -0.1) is 11.3 Å². The maximum Gasteiger partial charge on any atom is 0.267 e. The van der Waals surface area contributed by atoms with Crippen molar-refractivity contribution in [2.75, 3.05) is 12.4 Å². The zero-order chi connectivity index (χ0) is 16.5. The maximum absolute atomic E-state index is 12.5. The topological polar surface area (TPSA) is 64.1 Å². The lowest BCUT2D eigenvalue weighted by molar-refractivity contribution is 0.102. The molecule has 122 valence electrons. The van der Waals surface area contributed by atoms with Gasteiger partial charge in [0.05, 0.1) is 12.0 Å². The lowest BCUT2D eigenvalue weighted by Gasteiger charge is -2.02. The average molecular weight is 357 g/mol. The molecule has 5 nitrogen and oxygen atoms in total. The Morgan fingerprint density at radius 1 is 1.25 bits per heavy atom. The van der Waals surface area contributed by atoms with Crippen LogP contribution in [0.15, 0.2) is 35.7 Å². The fraction of sp³-hybridized carbons (Fsp3) is 0.235. The Labute approximate surface area is 147 Å². The molecule has 0 atom stereocenters. The smallest absolute Gasteiger partial charge is 0.267 e. The summed E-state index contributed by atoms with van der Waals surface area (Å²) in [6.07, 6.45) is 2.36. The van der Waals surface area contributed by atoms with Crippen molar-refractivity contribution in [1.29, 1.82) is 0 Å². The molecule has 0 spiro atoms. The molecule has 1 aliphatic rings. The summed E-state index contributed by atoms with van der Waals surface area (Å²) in [6, 6.07) is 9.58. The van der Waals surface area contributed by atoms with Crippen LogP contribution in [0.2, 0.25) is 0 Å². The van der Waals surface area contributed by atoms with Crippen LogP contribution < -0.4 is 10.1 Å². The van der Waals surface area contributed by atoms with Gasteiger partial charge in [0.15, 0.2) is 5.82 Å². The molecule has 0 saturated heterocycles. The van der Waals surface area contributed by atoms with Gasteiger partial charge in [-0.1, -0.05) is 0 Å². The molecule has 24 heavy (non-hydrogen) atoms. The van der Waals surface area contributed by atoms with Gasteiger partial charge in [0.25, 0.3) is 5.91 Å². The van der Waals surface area contributed by atoms with Crippen LogP contribution in [0.5, 0.6) is 5.75 Å². The van der Waals surface area contributed by atoms with Gasteiger partial charge in [-0.2, -0.15) is 9.36 Å². The number of anilines is 1. The highest BCUT2D eigenvalue weighted by Crippen LogP contribution is 2.43. The second-order valence-corrected chi connectivity index (χ2v) is 7.25. The zero-order valence-electron chi connectivity index (χ0n) is 13.0. The molecule has 0 radical (unpaired) electrons. The number of thiophene rings is 1. The highest BCUT2D eigenvalue weighted by Gasteiger charge is 2.29. The predicted molar refractivity (Wildman–Crippen MR) is 96.1 cm³/mol. The van der Waals surface area contributed by atoms with Crippen molar-refractivity contribution >= 4 is 33.9 Å². The molecule has 1 fully saturated rings. The normalized spacial score (nSPS) is 13.7. The van der Waals surface area contributed by atoms with Gasteiger partial charge in [0, 0.05) is 17.1 Å². The predicted octanol–water partition coefficient (Wildman–Crippen LogP) is 4.40. The zero-order valence-corrected chi connectivity index (χ0v) is 14.6. The van der Waals surface area contributed by atoms with Crippen molar-refractivity contribution in [1.82, 2.24) is 9.36 Å². The maximum atomic E-state index is 12.5. The summed E-state index contributed by atoms with van der Waals surface area (Å²) >= 11 is 2.67. The van der Waals surface area contributed by atoms with E-state index >= 15 is 0 Å². The second-order valence-electron chi connectivity index (χ2n) is 5.59. The fourth-order valence-electron chi connectivity index (χ4n) is 2.51. The van der Waals surface area contributed by atoms with Crippen molar-refractivity contribution in [3.63, 3.8) is 0 Å². The quantitative estimate of drug-likeness (QED) is 0.735. The number of aromatic nitrogens is 2. The summed E-state index contributed by atoms with van der Waals surface area (Å²) in [7, 11) is 1.63. The number of benzene rings is 1. The van der Waals surface area contributed by atoms with E-state index in [9.17, 15) is 4.79 Å². The van der Waals surface area contributed by atoms with Gasteiger partial charge >= 0.3 is 0 Å². The van der Waals surface area contributed by atoms with Crippen LogP contribution in [0.4, 0.5) is 5.13 Å². The van der Waals surface area contributed by atoms with Gasteiger partial charge in [-0.3, -0.25) is 10.1 Å². The molecule has 1 aromatic carbocycles. The number of hydrogen-bond acceptors (Lipinski definition) is 6. The Morgan fingerprint density at radius 2 is 2.04 bits per heavy atom. The highest BCUT2D eigenvalue weighted by molar-refractivity contribution is 7.13. The van der Waals surface area contributed by atoms with E-state index in [-0.39, 0.29) is 5.91 Å². The fourth-order valence-corrected chi connectivity index (χ4v) is 3.97. The molecule has 1 aliphatic carbocycles. The third-order valence-electron chi connectivity index (χ3n) is 3.91. The molecule has 2 aromatic heterocycles. The Morgan fingerprint density at radius 3 is 2.75 bits per heavy atom. The van der Waals surface area contributed by atoms with E-state index in [0.717, 1.165) is 21.8 Å². The SMILES string of the molecule is COc1ccc(-c2nsc(NC(=O)c3sccc3C3CC3)n2)cc1. The minimum absolute atomic E-state index is 0.0932. The van der Waals surface area contributed by atoms with Gasteiger partial charge in [0.2, 0.25) is 5.13 Å². The van der Waals surface area contributed by atoms with Crippen molar-refractivity contribution < 1.29 is 9.53 Å². The summed E-state index contributed by atoms with van der Waals surface area (Å²) in [6.45, 7) is 0. The Kier molecular flexibility index (Phi) is 4.03. The van der Waals surface area contributed by atoms with Crippen molar-refractivity contribution in [3.05, 3.63) is 46.2 Å². The summed E-state index contributed by atoms with van der Waals surface area (Å²) < 4.78 is 9.47. The van der Waals surface area contributed by atoms with Crippen LogP contribution in [0, 0.1) is 0 Å². The molecule has 4 rings (SSSR count). The lowest BCUT2D eigenvalue weighted by atomic mass is 10.1. The summed E-state index contributed by atoms with van der Waals surface area (Å²) in [5, 5.41) is 5.36. The molecule has 0 unspecified atom stereocenters. The Bertz CT molecular complexity index is 866. The monoisotopic (exact) mass is 357 g/mol. The van der Waals surface area contributed by atoms with E-state index in [2.05, 4.69) is 20.7 Å². The van der Waals surface area contributed by atoms with Gasteiger partial charge in [-0.25, -0.2) is 0 Å². The number of hydrogen-bond donors (Lipinski definition) is 1. The van der Waals surface area contributed by atoms with Gasteiger partial charge in [0.1, 0.15) is 5.75 Å². The first-order chi connectivity index (χ1) is 11.7. The van der Waals surface area contributed by atoms with Crippen molar-refractivity contribution in [3.8, 4) is 17.1 Å². The van der Waals surface area contributed by atoms with E-state index in [1.807, 2.05) is 29.6 Å². The number of nitrogens with one attached hydrogen (secondary N) is 1. The highest BCUT2D eigenvalue weighted by atomic mass is 32.1. The molecule has 1 amide bonds. The van der Waals surface area contributed by atoms with Crippen molar-refractivity contribution in [2.24, 2.45) is 0 Å². The minimum Gasteiger partial charge on any atom is -0.497 e. The summed E-state index contributed by atoms with van der Waals surface area (Å²) in [5.41, 5.74) is 2.06. The van der Waals surface area contributed by atoms with Crippen LogP contribution in [-0.2, 0) is 0 Å². The lowest BCUT2D eigenvalue weighted by Crippen LogP contribution is -2.11. The number of methoxy groups -OCH3 is 1. The second kappa shape index (κ2) is 6.33. The van der Waals surface area contributed by atoms with Crippen LogP contribution >= 0.6 is 22.9 Å². The molecule has 2 heterocycles. The number of rotatable bonds is 5. The molecule has 1 N–H and O–H groups in total. The number of ether oxygens (including phenoxy) is 1. The molecule has 7 heteroatoms. The van der Waals surface area contributed by atoms with E-state index < -0.39 is 0 Å². The van der Waals surface area contributed by atoms with Gasteiger partial charge < -0.3 is 4.74 Å². The molecular weight excluding hydrogens is 342 g/mol. The number of amides is 1. The van der Waals surface area contributed by atoms with E-state index in [4.69, 9.17) is 4.74 Å². The minimum atomic E-state index is -0.0932. The third-order valence-corrected chi connectivity index (χ3v) is 5.47. The first-order valence-corrected chi connectivity index (χ1v) is 9.27. The Hall–Kier alpha value is -2.25. The van der Waals surface area contributed by atoms with Crippen LogP contribution in [0.3, 0.4) is 0 Å². The largest absolute Gasteiger partial charge is 0.497 e. The summed E-state index contributed by atoms with van der Waals surface area (Å²) in [5.74, 6) is 1.85. The van der Waals surface area contributed by atoms with E-state index in [1.54, 1.807) is 7.11 Å².